The first-order valence-corrected chi connectivity index (χ1v) is 7.90. The fourth-order valence-corrected chi connectivity index (χ4v) is 2.89. The van der Waals surface area contributed by atoms with E-state index < -0.39 is 10.0 Å². The number of hydrogen-bond donors (Lipinski definition) is 2. The van der Waals surface area contributed by atoms with E-state index in [1.54, 1.807) is 13.0 Å². The molecule has 0 radical (unpaired) electrons. The van der Waals surface area contributed by atoms with Crippen LogP contribution in [0.15, 0.2) is 29.2 Å². The van der Waals surface area contributed by atoms with Crippen LogP contribution in [0.4, 0.5) is 5.82 Å². The lowest BCUT2D eigenvalue weighted by atomic mass is 10.1. The number of nitrogens with one attached hydrogen (secondary N) is 2. The molecule has 0 aliphatic rings. The molecule has 1 aromatic heterocycles. The molecule has 0 saturated carbocycles. The molecule has 1 heterocycles. The highest BCUT2D eigenvalue weighted by atomic mass is 32.2. The van der Waals surface area contributed by atoms with Crippen molar-refractivity contribution in [2.45, 2.75) is 31.6 Å². The number of nitrogens with zero attached hydrogens (tertiary/aromatic N) is 2. The van der Waals surface area contributed by atoms with Crippen LogP contribution >= 0.6 is 0 Å². The summed E-state index contributed by atoms with van der Waals surface area (Å²) in [6, 6.07) is 8.04. The van der Waals surface area contributed by atoms with E-state index in [1.807, 2.05) is 19.9 Å². The van der Waals surface area contributed by atoms with Crippen LogP contribution in [-0.2, 0) is 10.0 Å². The normalized spacial score (nSPS) is 11.4. The minimum Gasteiger partial charge on any atom is -0.280 e. The Balaban J connectivity index is 2.29. The van der Waals surface area contributed by atoms with Crippen molar-refractivity contribution in [3.05, 3.63) is 41.1 Å². The van der Waals surface area contributed by atoms with Crippen molar-refractivity contribution in [3.8, 4) is 6.07 Å². The standard InChI is InChI=1S/C14H16N4O2S/c1-9(2)13-7-14(17-16-13)18-21(19,20)12-5-4-11(8-15)10(3)6-12/h4-7,9H,1-3H3,(H2,16,17,18). The first-order chi connectivity index (χ1) is 9.83. The molecule has 2 aromatic rings. The molecule has 2 rings (SSSR count). The Morgan fingerprint density at radius 1 is 1.33 bits per heavy atom. The van der Waals surface area contributed by atoms with Gasteiger partial charge in [0.15, 0.2) is 5.82 Å². The van der Waals surface area contributed by atoms with Gasteiger partial charge in [-0.05, 0) is 36.6 Å². The van der Waals surface area contributed by atoms with Gasteiger partial charge in [-0.15, -0.1) is 0 Å². The molecule has 0 aliphatic carbocycles. The zero-order valence-electron chi connectivity index (χ0n) is 12.0. The zero-order valence-corrected chi connectivity index (χ0v) is 12.8. The molecule has 0 spiro atoms. The van der Waals surface area contributed by atoms with Crippen molar-refractivity contribution in [2.24, 2.45) is 0 Å². The molecule has 0 amide bonds. The van der Waals surface area contributed by atoms with Crippen molar-refractivity contribution in [1.82, 2.24) is 10.2 Å². The van der Waals surface area contributed by atoms with Gasteiger partial charge in [-0.25, -0.2) is 8.42 Å². The summed E-state index contributed by atoms with van der Waals surface area (Å²) in [5, 5.41) is 15.6. The number of H-pyrrole nitrogens is 1. The van der Waals surface area contributed by atoms with Crippen LogP contribution in [0.25, 0.3) is 0 Å². The molecule has 0 fully saturated rings. The van der Waals surface area contributed by atoms with Crippen LogP contribution in [0, 0.1) is 18.3 Å². The maximum atomic E-state index is 12.3. The fourth-order valence-electron chi connectivity index (χ4n) is 1.81. The molecule has 0 atom stereocenters. The molecule has 0 saturated heterocycles. The lowest BCUT2D eigenvalue weighted by molar-refractivity contribution is 0.601. The molecule has 2 N–H and O–H groups in total. The summed E-state index contributed by atoms with van der Waals surface area (Å²) >= 11 is 0. The van der Waals surface area contributed by atoms with E-state index in [0.29, 0.717) is 11.1 Å². The summed E-state index contributed by atoms with van der Waals surface area (Å²) in [7, 11) is -3.72. The Morgan fingerprint density at radius 3 is 2.57 bits per heavy atom. The fraction of sp³-hybridized carbons (Fsp3) is 0.286. The summed E-state index contributed by atoms with van der Waals surface area (Å²) in [4.78, 5) is 0.105. The summed E-state index contributed by atoms with van der Waals surface area (Å²) < 4.78 is 27.0. The van der Waals surface area contributed by atoms with E-state index in [4.69, 9.17) is 5.26 Å². The van der Waals surface area contributed by atoms with Crippen molar-refractivity contribution >= 4 is 15.8 Å². The minimum absolute atomic E-state index is 0.105. The van der Waals surface area contributed by atoms with Crippen LogP contribution in [0.2, 0.25) is 0 Å². The number of aromatic amines is 1. The summed E-state index contributed by atoms with van der Waals surface area (Å²) in [6.07, 6.45) is 0. The number of hydrogen-bond acceptors (Lipinski definition) is 4. The Morgan fingerprint density at radius 2 is 2.05 bits per heavy atom. The number of anilines is 1. The Kier molecular flexibility index (Phi) is 4.00. The number of benzene rings is 1. The summed E-state index contributed by atoms with van der Waals surface area (Å²) in [6.45, 7) is 5.66. The van der Waals surface area contributed by atoms with Crippen molar-refractivity contribution < 1.29 is 8.42 Å². The largest absolute Gasteiger partial charge is 0.280 e. The van der Waals surface area contributed by atoms with Crippen LogP contribution in [-0.4, -0.2) is 18.6 Å². The highest BCUT2D eigenvalue weighted by Gasteiger charge is 2.17. The first kappa shape index (κ1) is 15.1. The molecule has 1 aromatic carbocycles. The molecule has 6 nitrogen and oxygen atoms in total. The van der Waals surface area contributed by atoms with E-state index >= 15 is 0 Å². The van der Waals surface area contributed by atoms with Crippen LogP contribution in [0.3, 0.4) is 0 Å². The number of rotatable bonds is 4. The van der Waals surface area contributed by atoms with Gasteiger partial charge in [-0.2, -0.15) is 10.4 Å². The molecule has 21 heavy (non-hydrogen) atoms. The third-order valence-electron chi connectivity index (χ3n) is 3.09. The van der Waals surface area contributed by atoms with Crippen LogP contribution in [0.1, 0.15) is 36.6 Å². The van der Waals surface area contributed by atoms with Gasteiger partial charge in [-0.1, -0.05) is 13.8 Å². The van der Waals surface area contributed by atoms with Crippen molar-refractivity contribution in [3.63, 3.8) is 0 Å². The maximum Gasteiger partial charge on any atom is 0.263 e. The van der Waals surface area contributed by atoms with Gasteiger partial charge in [0, 0.05) is 11.8 Å². The van der Waals surface area contributed by atoms with Gasteiger partial charge >= 0.3 is 0 Å². The van der Waals surface area contributed by atoms with Crippen molar-refractivity contribution in [2.75, 3.05) is 4.72 Å². The van der Waals surface area contributed by atoms with Crippen molar-refractivity contribution in [1.29, 1.82) is 5.26 Å². The number of aromatic nitrogens is 2. The molecule has 0 unspecified atom stereocenters. The predicted molar refractivity (Wildman–Crippen MR) is 79.4 cm³/mol. The maximum absolute atomic E-state index is 12.3. The quantitative estimate of drug-likeness (QED) is 0.906. The molecular weight excluding hydrogens is 288 g/mol. The average Bonchev–Trinajstić information content (AvgIpc) is 2.86. The highest BCUT2D eigenvalue weighted by Crippen LogP contribution is 2.20. The molecule has 0 aliphatic heterocycles. The Hall–Kier alpha value is -2.33. The van der Waals surface area contributed by atoms with E-state index in [0.717, 1.165) is 5.69 Å². The Labute approximate surface area is 123 Å². The van der Waals surface area contributed by atoms with Gasteiger partial charge < -0.3 is 0 Å². The highest BCUT2D eigenvalue weighted by molar-refractivity contribution is 7.92. The number of aryl methyl sites for hydroxylation is 1. The number of sulfonamides is 1. The molecular formula is C14H16N4O2S. The topological polar surface area (TPSA) is 98.6 Å². The SMILES string of the molecule is Cc1cc(S(=O)(=O)Nc2cc(C(C)C)[nH]n2)ccc1C#N. The van der Waals surface area contributed by atoms with Crippen LogP contribution < -0.4 is 4.72 Å². The molecule has 7 heteroatoms. The van der Waals surface area contributed by atoms with Gasteiger partial charge in [0.25, 0.3) is 10.0 Å². The second-order valence-corrected chi connectivity index (χ2v) is 6.74. The van der Waals surface area contributed by atoms with E-state index in [2.05, 4.69) is 14.9 Å². The zero-order chi connectivity index (χ0) is 15.6. The second-order valence-electron chi connectivity index (χ2n) is 5.06. The van der Waals surface area contributed by atoms with Gasteiger partial charge in [0.1, 0.15) is 0 Å². The number of nitriles is 1. The lowest BCUT2D eigenvalue weighted by Crippen LogP contribution is -2.13. The average molecular weight is 304 g/mol. The third kappa shape index (κ3) is 3.23. The van der Waals surface area contributed by atoms with Gasteiger partial charge in [0.2, 0.25) is 0 Å². The van der Waals surface area contributed by atoms with Gasteiger partial charge in [0.05, 0.1) is 16.5 Å². The lowest BCUT2D eigenvalue weighted by Gasteiger charge is -2.06. The monoisotopic (exact) mass is 304 g/mol. The minimum atomic E-state index is -3.72. The van der Waals surface area contributed by atoms with E-state index in [9.17, 15) is 8.42 Å². The predicted octanol–water partition coefficient (Wildman–Crippen LogP) is 2.51. The molecule has 0 bridgehead atoms. The van der Waals surface area contributed by atoms with E-state index in [-0.39, 0.29) is 16.6 Å². The second kappa shape index (κ2) is 5.58. The summed E-state index contributed by atoms with van der Waals surface area (Å²) in [5.41, 5.74) is 1.92. The summed E-state index contributed by atoms with van der Waals surface area (Å²) in [5.74, 6) is 0.480. The molecule has 110 valence electrons. The van der Waals surface area contributed by atoms with Gasteiger partial charge in [-0.3, -0.25) is 9.82 Å². The first-order valence-electron chi connectivity index (χ1n) is 6.42. The smallest absolute Gasteiger partial charge is 0.263 e. The Bertz CT molecular complexity index is 801. The third-order valence-corrected chi connectivity index (χ3v) is 4.44. The van der Waals surface area contributed by atoms with E-state index in [1.165, 1.54) is 18.2 Å². The van der Waals surface area contributed by atoms with Crippen LogP contribution in [0.5, 0.6) is 0 Å².